The Morgan fingerprint density at radius 3 is 2.38 bits per heavy atom. The molecular weight excluding hydrogens is 200 g/mol. The fraction of sp³-hybridized carbons (Fsp3) is 0.357. The van der Waals surface area contributed by atoms with Crippen molar-refractivity contribution in [3.63, 3.8) is 0 Å². The summed E-state index contributed by atoms with van der Waals surface area (Å²) in [6.45, 7) is 10.0. The Bertz CT molecular complexity index is 382. The molecule has 0 heterocycles. The van der Waals surface area contributed by atoms with Crippen molar-refractivity contribution < 1.29 is 9.53 Å². The van der Waals surface area contributed by atoms with Crippen LogP contribution in [0, 0.1) is 20.8 Å². The van der Waals surface area contributed by atoms with Crippen molar-refractivity contribution in [3.05, 3.63) is 47.0 Å². The van der Waals surface area contributed by atoms with Gasteiger partial charge in [-0.15, -0.1) is 6.58 Å². The summed E-state index contributed by atoms with van der Waals surface area (Å²) in [5.41, 5.74) is 4.00. The molecule has 0 saturated carbocycles. The van der Waals surface area contributed by atoms with E-state index in [1.807, 2.05) is 32.9 Å². The fourth-order valence-electron chi connectivity index (χ4n) is 1.93. The summed E-state index contributed by atoms with van der Waals surface area (Å²) >= 11 is 0. The lowest BCUT2D eigenvalue weighted by Crippen LogP contribution is -2.12. The first-order valence-corrected chi connectivity index (χ1v) is 5.36. The van der Waals surface area contributed by atoms with E-state index in [1.165, 1.54) is 5.56 Å². The number of benzene rings is 1. The van der Waals surface area contributed by atoms with Gasteiger partial charge in [-0.1, -0.05) is 23.8 Å². The van der Waals surface area contributed by atoms with Gasteiger partial charge in [-0.05, 0) is 31.9 Å². The van der Waals surface area contributed by atoms with Crippen molar-refractivity contribution in [2.24, 2.45) is 0 Å². The molecule has 0 radical (unpaired) electrons. The van der Waals surface area contributed by atoms with Gasteiger partial charge in [-0.2, -0.15) is 0 Å². The van der Waals surface area contributed by atoms with Gasteiger partial charge < -0.3 is 4.74 Å². The number of ether oxygens (including phenoxy) is 1. The maximum Gasteiger partial charge on any atom is 0.189 e. The number of ketones is 1. The Morgan fingerprint density at radius 2 is 1.88 bits per heavy atom. The van der Waals surface area contributed by atoms with Gasteiger partial charge in [0.1, 0.15) is 6.61 Å². The molecule has 0 spiro atoms. The maximum atomic E-state index is 11.9. The molecule has 2 heteroatoms. The van der Waals surface area contributed by atoms with Gasteiger partial charge >= 0.3 is 0 Å². The summed E-state index contributed by atoms with van der Waals surface area (Å²) in [6.07, 6.45) is 1.64. The number of Topliss-reactive ketones (excluding diaryl/α,β-unsaturated/α-hetero) is 1. The molecule has 1 aromatic carbocycles. The Labute approximate surface area is 96.9 Å². The molecule has 0 bridgehead atoms. The molecule has 0 aliphatic carbocycles. The van der Waals surface area contributed by atoms with Crippen LogP contribution in [-0.2, 0) is 4.74 Å². The van der Waals surface area contributed by atoms with E-state index in [9.17, 15) is 4.79 Å². The minimum atomic E-state index is 0.0388. The average molecular weight is 218 g/mol. The van der Waals surface area contributed by atoms with E-state index in [1.54, 1.807) is 6.08 Å². The highest BCUT2D eigenvalue weighted by Crippen LogP contribution is 2.16. The predicted octanol–water partition coefficient (Wildman–Crippen LogP) is 3.00. The third kappa shape index (κ3) is 3.04. The zero-order valence-electron chi connectivity index (χ0n) is 10.2. The van der Waals surface area contributed by atoms with Crippen molar-refractivity contribution in [2.45, 2.75) is 20.8 Å². The minimum Gasteiger partial charge on any atom is -0.369 e. The second-order valence-electron chi connectivity index (χ2n) is 4.00. The van der Waals surface area contributed by atoms with Crippen LogP contribution in [0.15, 0.2) is 24.8 Å². The van der Waals surface area contributed by atoms with Crippen LogP contribution in [0.5, 0.6) is 0 Å². The van der Waals surface area contributed by atoms with Crippen molar-refractivity contribution in [3.8, 4) is 0 Å². The van der Waals surface area contributed by atoms with Gasteiger partial charge in [0.05, 0.1) is 6.61 Å². The normalized spacial score (nSPS) is 10.2. The molecule has 0 amide bonds. The number of hydrogen-bond acceptors (Lipinski definition) is 2. The van der Waals surface area contributed by atoms with E-state index >= 15 is 0 Å². The quantitative estimate of drug-likeness (QED) is 0.431. The van der Waals surface area contributed by atoms with E-state index in [2.05, 4.69) is 6.58 Å². The lowest BCUT2D eigenvalue weighted by Gasteiger charge is -2.10. The summed E-state index contributed by atoms with van der Waals surface area (Å²) in [5, 5.41) is 0. The van der Waals surface area contributed by atoms with E-state index in [4.69, 9.17) is 4.74 Å². The van der Waals surface area contributed by atoms with Gasteiger partial charge in [-0.3, -0.25) is 4.79 Å². The van der Waals surface area contributed by atoms with Crippen molar-refractivity contribution in [2.75, 3.05) is 13.2 Å². The van der Waals surface area contributed by atoms with Crippen LogP contribution in [0.4, 0.5) is 0 Å². The van der Waals surface area contributed by atoms with E-state index in [0.29, 0.717) is 6.61 Å². The summed E-state index contributed by atoms with van der Waals surface area (Å²) < 4.78 is 5.17. The smallest absolute Gasteiger partial charge is 0.189 e. The zero-order chi connectivity index (χ0) is 12.1. The summed E-state index contributed by atoms with van der Waals surface area (Å²) in [5.74, 6) is 0.0388. The molecule has 0 aliphatic rings. The molecule has 1 rings (SSSR count). The molecule has 0 fully saturated rings. The highest BCUT2D eigenvalue weighted by molar-refractivity contribution is 5.99. The van der Waals surface area contributed by atoms with E-state index in [-0.39, 0.29) is 12.4 Å². The zero-order valence-corrected chi connectivity index (χ0v) is 10.2. The second-order valence-corrected chi connectivity index (χ2v) is 4.00. The molecule has 2 nitrogen and oxygen atoms in total. The van der Waals surface area contributed by atoms with Gasteiger partial charge in [0.15, 0.2) is 5.78 Å². The lowest BCUT2D eigenvalue weighted by atomic mass is 9.97. The predicted molar refractivity (Wildman–Crippen MR) is 66.0 cm³/mol. The first-order chi connectivity index (χ1) is 7.56. The topological polar surface area (TPSA) is 26.3 Å². The Hall–Kier alpha value is -1.41. The van der Waals surface area contributed by atoms with E-state index < -0.39 is 0 Å². The second kappa shape index (κ2) is 5.61. The van der Waals surface area contributed by atoms with Crippen LogP contribution in [0.1, 0.15) is 27.0 Å². The largest absolute Gasteiger partial charge is 0.369 e. The van der Waals surface area contributed by atoms with Gasteiger partial charge in [-0.25, -0.2) is 0 Å². The van der Waals surface area contributed by atoms with Crippen LogP contribution in [-0.4, -0.2) is 19.0 Å². The number of carbonyl (C=O) groups is 1. The summed E-state index contributed by atoms with van der Waals surface area (Å²) in [6, 6.07) is 4.04. The molecule has 0 saturated heterocycles. The van der Waals surface area contributed by atoms with Crippen LogP contribution in [0.3, 0.4) is 0 Å². The van der Waals surface area contributed by atoms with Crippen molar-refractivity contribution in [1.82, 2.24) is 0 Å². The van der Waals surface area contributed by atoms with Crippen LogP contribution < -0.4 is 0 Å². The maximum absolute atomic E-state index is 11.9. The molecule has 0 aromatic heterocycles. The molecule has 0 atom stereocenters. The highest BCUT2D eigenvalue weighted by Gasteiger charge is 2.12. The van der Waals surface area contributed by atoms with Crippen LogP contribution in [0.2, 0.25) is 0 Å². The average Bonchev–Trinajstić information content (AvgIpc) is 2.16. The summed E-state index contributed by atoms with van der Waals surface area (Å²) in [4.78, 5) is 11.9. The van der Waals surface area contributed by atoms with Gasteiger partial charge in [0.25, 0.3) is 0 Å². The lowest BCUT2D eigenvalue weighted by molar-refractivity contribution is 0.0805. The number of rotatable bonds is 5. The van der Waals surface area contributed by atoms with Crippen LogP contribution in [0.25, 0.3) is 0 Å². The molecule has 86 valence electrons. The fourth-order valence-corrected chi connectivity index (χ4v) is 1.93. The minimum absolute atomic E-state index is 0.0388. The highest BCUT2D eigenvalue weighted by atomic mass is 16.5. The molecule has 1 aromatic rings. The SMILES string of the molecule is C=CCOCC(=O)c1c(C)cc(C)cc1C. The van der Waals surface area contributed by atoms with Crippen molar-refractivity contribution >= 4 is 5.78 Å². The number of carbonyl (C=O) groups excluding carboxylic acids is 1. The Morgan fingerprint density at radius 1 is 1.31 bits per heavy atom. The molecule has 0 unspecified atom stereocenters. The molecule has 0 N–H and O–H groups in total. The Balaban J connectivity index is 2.86. The Kier molecular flexibility index (Phi) is 4.44. The van der Waals surface area contributed by atoms with Crippen molar-refractivity contribution in [1.29, 1.82) is 0 Å². The molecule has 16 heavy (non-hydrogen) atoms. The number of aryl methyl sites for hydroxylation is 3. The third-order valence-electron chi connectivity index (χ3n) is 2.42. The third-order valence-corrected chi connectivity index (χ3v) is 2.42. The monoisotopic (exact) mass is 218 g/mol. The standard InChI is InChI=1S/C14H18O2/c1-5-6-16-9-13(15)14-11(3)7-10(2)8-12(14)4/h5,7-8H,1,6,9H2,2-4H3. The first kappa shape index (κ1) is 12.7. The molecule has 0 aliphatic heterocycles. The van der Waals surface area contributed by atoms with Gasteiger partial charge in [0.2, 0.25) is 0 Å². The first-order valence-electron chi connectivity index (χ1n) is 5.36. The van der Waals surface area contributed by atoms with Crippen LogP contribution >= 0.6 is 0 Å². The summed E-state index contributed by atoms with van der Waals surface area (Å²) in [7, 11) is 0. The molecular formula is C14H18O2. The van der Waals surface area contributed by atoms with E-state index in [0.717, 1.165) is 16.7 Å². The number of hydrogen-bond donors (Lipinski definition) is 0. The van der Waals surface area contributed by atoms with Gasteiger partial charge in [0, 0.05) is 5.56 Å².